The van der Waals surface area contributed by atoms with Crippen molar-refractivity contribution in [3.05, 3.63) is 69.2 Å². The van der Waals surface area contributed by atoms with Gasteiger partial charge >= 0.3 is 0 Å². The lowest BCUT2D eigenvalue weighted by Crippen LogP contribution is -2.48. The van der Waals surface area contributed by atoms with E-state index in [4.69, 9.17) is 23.2 Å². The molecule has 2 amide bonds. The van der Waals surface area contributed by atoms with Crippen molar-refractivity contribution >= 4 is 46.8 Å². The van der Waals surface area contributed by atoms with Crippen molar-refractivity contribution in [2.75, 3.05) is 12.3 Å². The zero-order chi connectivity index (χ0) is 23.0. The lowest BCUT2D eigenvalue weighted by atomic mass is 10.1. The van der Waals surface area contributed by atoms with Crippen molar-refractivity contribution in [2.24, 2.45) is 5.92 Å². The molecular weight excluding hydrogens is 451 g/mol. The SMILES string of the molecule is Cc1cccc(CN(C(=O)CSCc2c(Cl)cccc2Cl)[C@@H](C)C(=O)NCC(C)C)c1. The van der Waals surface area contributed by atoms with Crippen molar-refractivity contribution in [1.29, 1.82) is 0 Å². The fraction of sp³-hybridized carbons (Fsp3) is 0.417. The summed E-state index contributed by atoms with van der Waals surface area (Å²) in [5, 5.41) is 4.11. The Labute approximate surface area is 199 Å². The molecule has 0 saturated heterocycles. The van der Waals surface area contributed by atoms with E-state index in [1.165, 1.54) is 11.8 Å². The molecule has 0 bridgehead atoms. The molecule has 2 aromatic carbocycles. The summed E-state index contributed by atoms with van der Waals surface area (Å²) < 4.78 is 0. The summed E-state index contributed by atoms with van der Waals surface area (Å²) in [6, 6.07) is 12.8. The first-order valence-electron chi connectivity index (χ1n) is 10.3. The van der Waals surface area contributed by atoms with Gasteiger partial charge in [-0.15, -0.1) is 11.8 Å². The Morgan fingerprint density at radius 2 is 1.71 bits per heavy atom. The van der Waals surface area contributed by atoms with E-state index < -0.39 is 6.04 Å². The summed E-state index contributed by atoms with van der Waals surface area (Å²) in [6.45, 7) is 8.82. The fourth-order valence-corrected chi connectivity index (χ4v) is 4.68. The summed E-state index contributed by atoms with van der Waals surface area (Å²) in [4.78, 5) is 27.5. The number of nitrogens with zero attached hydrogens (tertiary/aromatic N) is 1. The molecular formula is C24H30Cl2N2O2S. The molecule has 1 N–H and O–H groups in total. The lowest BCUT2D eigenvalue weighted by Gasteiger charge is -2.29. The van der Waals surface area contributed by atoms with Crippen molar-refractivity contribution in [3.63, 3.8) is 0 Å². The topological polar surface area (TPSA) is 49.4 Å². The van der Waals surface area contributed by atoms with Gasteiger partial charge in [-0.1, -0.05) is 72.9 Å². The van der Waals surface area contributed by atoms with Gasteiger partial charge in [-0.3, -0.25) is 9.59 Å². The molecule has 0 spiro atoms. The van der Waals surface area contributed by atoms with Crippen LogP contribution in [0.4, 0.5) is 0 Å². The van der Waals surface area contributed by atoms with E-state index in [2.05, 4.69) is 5.32 Å². The molecule has 0 fully saturated rings. The van der Waals surface area contributed by atoms with Gasteiger partial charge in [0.2, 0.25) is 11.8 Å². The maximum Gasteiger partial charge on any atom is 0.242 e. The third-order valence-corrected chi connectivity index (χ3v) is 6.47. The van der Waals surface area contributed by atoms with Crippen molar-refractivity contribution < 1.29 is 9.59 Å². The average Bonchev–Trinajstić information content (AvgIpc) is 2.71. The van der Waals surface area contributed by atoms with Gasteiger partial charge in [0.1, 0.15) is 6.04 Å². The van der Waals surface area contributed by atoms with Crippen LogP contribution in [-0.2, 0) is 21.9 Å². The van der Waals surface area contributed by atoms with Crippen LogP contribution < -0.4 is 5.32 Å². The van der Waals surface area contributed by atoms with Crippen LogP contribution in [0.1, 0.15) is 37.5 Å². The van der Waals surface area contributed by atoms with Crippen LogP contribution in [-0.4, -0.2) is 35.1 Å². The van der Waals surface area contributed by atoms with Gasteiger partial charge < -0.3 is 10.2 Å². The number of carbonyl (C=O) groups is 2. The van der Waals surface area contributed by atoms with Crippen LogP contribution in [0.5, 0.6) is 0 Å². The minimum absolute atomic E-state index is 0.0955. The maximum absolute atomic E-state index is 13.1. The van der Waals surface area contributed by atoms with Crippen LogP contribution in [0.3, 0.4) is 0 Å². The zero-order valence-electron chi connectivity index (χ0n) is 18.5. The van der Waals surface area contributed by atoms with Crippen LogP contribution in [0.25, 0.3) is 0 Å². The molecule has 2 aromatic rings. The highest BCUT2D eigenvalue weighted by Gasteiger charge is 2.26. The number of aryl methyl sites for hydroxylation is 1. The smallest absolute Gasteiger partial charge is 0.242 e. The van der Waals surface area contributed by atoms with Gasteiger partial charge in [-0.2, -0.15) is 0 Å². The van der Waals surface area contributed by atoms with E-state index >= 15 is 0 Å². The predicted molar refractivity (Wildman–Crippen MR) is 132 cm³/mol. The van der Waals surface area contributed by atoms with Crippen molar-refractivity contribution in [1.82, 2.24) is 10.2 Å². The molecule has 168 valence electrons. The van der Waals surface area contributed by atoms with Gasteiger partial charge in [0.05, 0.1) is 5.75 Å². The second-order valence-corrected chi connectivity index (χ2v) is 9.82. The molecule has 0 aliphatic heterocycles. The number of nitrogens with one attached hydrogen (secondary N) is 1. The van der Waals surface area contributed by atoms with Crippen molar-refractivity contribution in [3.8, 4) is 0 Å². The second-order valence-electron chi connectivity index (χ2n) is 8.02. The summed E-state index contributed by atoms with van der Waals surface area (Å²) in [5.74, 6) is 0.856. The van der Waals surface area contributed by atoms with Crippen LogP contribution in [0.15, 0.2) is 42.5 Å². The van der Waals surface area contributed by atoms with E-state index in [-0.39, 0.29) is 17.6 Å². The Morgan fingerprint density at radius 1 is 1.06 bits per heavy atom. The Morgan fingerprint density at radius 3 is 2.32 bits per heavy atom. The molecule has 0 aliphatic rings. The number of hydrogen-bond acceptors (Lipinski definition) is 3. The van der Waals surface area contributed by atoms with E-state index in [1.54, 1.807) is 30.0 Å². The average molecular weight is 481 g/mol. The predicted octanol–water partition coefficient (Wildman–Crippen LogP) is 5.72. The van der Waals surface area contributed by atoms with Gasteiger partial charge in [-0.05, 0) is 43.0 Å². The third kappa shape index (κ3) is 8.06. The van der Waals surface area contributed by atoms with Crippen LogP contribution >= 0.6 is 35.0 Å². The van der Waals surface area contributed by atoms with Gasteiger partial charge in [0.25, 0.3) is 0 Å². The standard InChI is InChI=1S/C24H30Cl2N2O2S/c1-16(2)12-27-24(30)18(4)28(13-19-8-5-7-17(3)11-19)23(29)15-31-14-20-21(25)9-6-10-22(20)26/h5-11,16,18H,12-15H2,1-4H3,(H,27,30)/t18-/m0/s1. The highest BCUT2D eigenvalue weighted by Crippen LogP contribution is 2.28. The Bertz CT molecular complexity index is 885. The summed E-state index contributed by atoms with van der Waals surface area (Å²) in [6.07, 6.45) is 0. The number of carbonyl (C=O) groups excluding carboxylic acids is 2. The normalized spacial score (nSPS) is 12.0. The van der Waals surface area contributed by atoms with Crippen molar-refractivity contribution in [2.45, 2.75) is 46.0 Å². The molecule has 7 heteroatoms. The van der Waals surface area contributed by atoms with Crippen LogP contribution in [0.2, 0.25) is 10.0 Å². The zero-order valence-corrected chi connectivity index (χ0v) is 20.8. The Hall–Kier alpha value is -1.69. The lowest BCUT2D eigenvalue weighted by molar-refractivity contribution is -0.138. The molecule has 0 aromatic heterocycles. The molecule has 1 atom stereocenters. The quantitative estimate of drug-likeness (QED) is 0.472. The van der Waals surface area contributed by atoms with E-state index in [0.717, 1.165) is 16.7 Å². The summed E-state index contributed by atoms with van der Waals surface area (Å²) in [7, 11) is 0. The number of thioether (sulfide) groups is 1. The Balaban J connectivity index is 2.10. The van der Waals surface area contributed by atoms with E-state index in [0.29, 0.717) is 34.8 Å². The van der Waals surface area contributed by atoms with E-state index in [9.17, 15) is 9.59 Å². The number of hydrogen-bond donors (Lipinski definition) is 1. The molecule has 4 nitrogen and oxygen atoms in total. The number of benzene rings is 2. The van der Waals surface area contributed by atoms with Gasteiger partial charge in [0.15, 0.2) is 0 Å². The van der Waals surface area contributed by atoms with Gasteiger partial charge in [0, 0.05) is 28.9 Å². The highest BCUT2D eigenvalue weighted by atomic mass is 35.5. The molecule has 0 heterocycles. The largest absolute Gasteiger partial charge is 0.354 e. The summed E-state index contributed by atoms with van der Waals surface area (Å²) >= 11 is 13.9. The Kier molecular flexibility index (Phi) is 10.2. The minimum Gasteiger partial charge on any atom is -0.354 e. The minimum atomic E-state index is -0.573. The number of rotatable bonds is 10. The number of amides is 2. The first kappa shape index (κ1) is 25.6. The maximum atomic E-state index is 13.1. The van der Waals surface area contributed by atoms with Crippen LogP contribution in [0, 0.1) is 12.8 Å². The molecule has 0 radical (unpaired) electrons. The van der Waals surface area contributed by atoms with Gasteiger partial charge in [-0.25, -0.2) is 0 Å². The molecule has 31 heavy (non-hydrogen) atoms. The third-order valence-electron chi connectivity index (χ3n) is 4.82. The molecule has 0 aliphatic carbocycles. The first-order valence-corrected chi connectivity index (χ1v) is 12.2. The molecule has 0 unspecified atom stereocenters. The highest BCUT2D eigenvalue weighted by molar-refractivity contribution is 7.99. The molecule has 2 rings (SSSR count). The monoisotopic (exact) mass is 480 g/mol. The second kappa shape index (κ2) is 12.4. The number of halogens is 2. The van der Waals surface area contributed by atoms with E-state index in [1.807, 2.05) is 45.0 Å². The first-order chi connectivity index (χ1) is 14.7. The fourth-order valence-electron chi connectivity index (χ4n) is 3.04. The molecule has 0 saturated carbocycles. The summed E-state index contributed by atoms with van der Waals surface area (Å²) in [5.41, 5.74) is 2.93.